The van der Waals surface area contributed by atoms with Gasteiger partial charge in [0.05, 0.1) is 12.9 Å². The van der Waals surface area contributed by atoms with Crippen LogP contribution in [0.25, 0.3) is 0 Å². The van der Waals surface area contributed by atoms with E-state index in [4.69, 9.17) is 10.5 Å². The van der Waals surface area contributed by atoms with Crippen molar-refractivity contribution in [3.05, 3.63) is 42.5 Å². The van der Waals surface area contributed by atoms with E-state index in [2.05, 4.69) is 10.3 Å². The summed E-state index contributed by atoms with van der Waals surface area (Å²) in [5.41, 5.74) is 6.67. The zero-order valence-corrected chi connectivity index (χ0v) is 10.7. The Kier molecular flexibility index (Phi) is 4.02. The first kappa shape index (κ1) is 12.9. The van der Waals surface area contributed by atoms with Crippen LogP contribution in [0.3, 0.4) is 0 Å². The van der Waals surface area contributed by atoms with E-state index in [0.717, 1.165) is 0 Å². The van der Waals surface area contributed by atoms with Gasteiger partial charge in [0.25, 0.3) is 5.91 Å². The van der Waals surface area contributed by atoms with Gasteiger partial charge in [-0.25, -0.2) is 4.98 Å². The van der Waals surface area contributed by atoms with Gasteiger partial charge in [-0.2, -0.15) is 0 Å². The molecule has 0 unspecified atom stereocenters. The van der Waals surface area contributed by atoms with Gasteiger partial charge in [0.2, 0.25) is 0 Å². The second-order valence-corrected chi connectivity index (χ2v) is 4.10. The number of aromatic nitrogens is 2. The number of ether oxygens (including phenoxy) is 1. The summed E-state index contributed by atoms with van der Waals surface area (Å²) in [7, 11) is 1.81. The van der Waals surface area contributed by atoms with Crippen molar-refractivity contribution in [3.63, 3.8) is 0 Å². The molecule has 0 atom stereocenters. The Morgan fingerprint density at radius 2 is 2.37 bits per heavy atom. The summed E-state index contributed by atoms with van der Waals surface area (Å²) in [5, 5.41) is 2.73. The number of carbonyl (C=O) groups is 1. The molecule has 0 radical (unpaired) electrons. The normalized spacial score (nSPS) is 10.2. The predicted octanol–water partition coefficient (Wildman–Crippen LogP) is 0.811. The van der Waals surface area contributed by atoms with Crippen molar-refractivity contribution in [3.8, 4) is 5.75 Å². The number of nitrogens with one attached hydrogen (secondary N) is 1. The van der Waals surface area contributed by atoms with Gasteiger partial charge in [0.1, 0.15) is 18.1 Å². The zero-order chi connectivity index (χ0) is 13.7. The smallest absolute Gasteiger partial charge is 0.271 e. The number of aryl methyl sites for hydroxylation is 1. The third kappa shape index (κ3) is 3.74. The fourth-order valence-electron chi connectivity index (χ4n) is 1.56. The van der Waals surface area contributed by atoms with Crippen molar-refractivity contribution >= 4 is 11.6 Å². The Morgan fingerprint density at radius 1 is 1.53 bits per heavy atom. The van der Waals surface area contributed by atoms with E-state index in [-0.39, 0.29) is 5.91 Å². The van der Waals surface area contributed by atoms with Crippen molar-refractivity contribution in [1.82, 2.24) is 14.9 Å². The molecule has 0 spiro atoms. The quantitative estimate of drug-likeness (QED) is 0.615. The van der Waals surface area contributed by atoms with E-state index < -0.39 is 0 Å². The van der Waals surface area contributed by atoms with Crippen molar-refractivity contribution in [2.45, 2.75) is 0 Å². The highest BCUT2D eigenvalue weighted by Crippen LogP contribution is 2.13. The topological polar surface area (TPSA) is 82.2 Å². The fraction of sp³-hybridized carbons (Fsp3) is 0.231. The van der Waals surface area contributed by atoms with Gasteiger partial charge in [-0.05, 0) is 12.1 Å². The van der Waals surface area contributed by atoms with Gasteiger partial charge in [0, 0.05) is 25.0 Å². The fourth-order valence-corrected chi connectivity index (χ4v) is 1.56. The molecule has 2 aromatic rings. The lowest BCUT2D eigenvalue weighted by Gasteiger charge is -2.07. The number of imidazole rings is 1. The van der Waals surface area contributed by atoms with Crippen LogP contribution in [0, 0.1) is 0 Å². The molecule has 0 aliphatic heterocycles. The SMILES string of the molecule is Cn1cnc(C(=O)NCCOc2cccc(N)c2)c1. The number of amides is 1. The van der Waals surface area contributed by atoms with E-state index in [0.29, 0.717) is 30.3 Å². The number of nitrogen functional groups attached to an aromatic ring is 1. The summed E-state index contributed by atoms with van der Waals surface area (Å²) in [6, 6.07) is 7.16. The van der Waals surface area contributed by atoms with E-state index >= 15 is 0 Å². The molecular weight excluding hydrogens is 244 g/mol. The van der Waals surface area contributed by atoms with Gasteiger partial charge in [-0.15, -0.1) is 0 Å². The maximum Gasteiger partial charge on any atom is 0.271 e. The van der Waals surface area contributed by atoms with Crippen molar-refractivity contribution in [1.29, 1.82) is 0 Å². The number of carbonyl (C=O) groups excluding carboxylic acids is 1. The number of benzene rings is 1. The number of hydrogen-bond donors (Lipinski definition) is 2. The van der Waals surface area contributed by atoms with Crippen LogP contribution in [0.2, 0.25) is 0 Å². The number of anilines is 1. The van der Waals surface area contributed by atoms with Crippen LogP contribution in [0.15, 0.2) is 36.8 Å². The Balaban J connectivity index is 1.74. The average Bonchev–Trinajstić information content (AvgIpc) is 2.81. The average molecular weight is 260 g/mol. The molecule has 0 bridgehead atoms. The summed E-state index contributed by atoms with van der Waals surface area (Å²) in [6.07, 6.45) is 3.24. The highest BCUT2D eigenvalue weighted by atomic mass is 16.5. The van der Waals surface area contributed by atoms with Gasteiger partial charge < -0.3 is 20.4 Å². The van der Waals surface area contributed by atoms with Crippen LogP contribution < -0.4 is 15.8 Å². The van der Waals surface area contributed by atoms with Crippen LogP contribution in [-0.4, -0.2) is 28.6 Å². The molecule has 2 rings (SSSR count). The number of hydrogen-bond acceptors (Lipinski definition) is 4. The molecule has 6 heteroatoms. The summed E-state index contributed by atoms with van der Waals surface area (Å²) < 4.78 is 7.18. The Hall–Kier alpha value is -2.50. The summed E-state index contributed by atoms with van der Waals surface area (Å²) in [6.45, 7) is 0.784. The molecule has 100 valence electrons. The van der Waals surface area contributed by atoms with Gasteiger partial charge in [-0.3, -0.25) is 4.79 Å². The van der Waals surface area contributed by atoms with Crippen molar-refractivity contribution < 1.29 is 9.53 Å². The van der Waals surface area contributed by atoms with Crippen LogP contribution in [0.4, 0.5) is 5.69 Å². The largest absolute Gasteiger partial charge is 0.492 e. The molecule has 0 saturated carbocycles. The summed E-state index contributed by atoms with van der Waals surface area (Å²) >= 11 is 0. The third-order valence-corrected chi connectivity index (χ3v) is 2.45. The molecule has 0 saturated heterocycles. The minimum absolute atomic E-state index is 0.211. The second kappa shape index (κ2) is 5.90. The number of nitrogens with two attached hydrogens (primary N) is 1. The highest BCUT2D eigenvalue weighted by Gasteiger charge is 2.07. The molecule has 1 amide bonds. The predicted molar refractivity (Wildman–Crippen MR) is 71.9 cm³/mol. The maximum atomic E-state index is 11.7. The van der Waals surface area contributed by atoms with Gasteiger partial charge in [0.15, 0.2) is 0 Å². The molecular formula is C13H16N4O2. The Labute approximate surface area is 111 Å². The molecule has 0 fully saturated rings. The monoisotopic (exact) mass is 260 g/mol. The third-order valence-electron chi connectivity index (χ3n) is 2.45. The molecule has 0 aliphatic carbocycles. The molecule has 19 heavy (non-hydrogen) atoms. The van der Waals surface area contributed by atoms with Crippen LogP contribution in [-0.2, 0) is 7.05 Å². The lowest BCUT2D eigenvalue weighted by molar-refractivity contribution is 0.0942. The van der Waals surface area contributed by atoms with Gasteiger partial charge >= 0.3 is 0 Å². The Bertz CT molecular complexity index is 565. The minimum Gasteiger partial charge on any atom is -0.492 e. The molecule has 6 nitrogen and oxygen atoms in total. The van der Waals surface area contributed by atoms with Crippen LogP contribution >= 0.6 is 0 Å². The molecule has 1 aromatic carbocycles. The minimum atomic E-state index is -0.211. The number of rotatable bonds is 5. The second-order valence-electron chi connectivity index (χ2n) is 4.10. The maximum absolute atomic E-state index is 11.7. The summed E-state index contributed by atoms with van der Waals surface area (Å²) in [5.74, 6) is 0.476. The lowest BCUT2D eigenvalue weighted by atomic mass is 10.3. The first-order chi connectivity index (χ1) is 9.15. The molecule has 3 N–H and O–H groups in total. The van der Waals surface area contributed by atoms with E-state index in [1.807, 2.05) is 19.2 Å². The molecule has 0 aliphatic rings. The van der Waals surface area contributed by atoms with Crippen LogP contribution in [0.5, 0.6) is 5.75 Å². The lowest BCUT2D eigenvalue weighted by Crippen LogP contribution is -2.28. The first-order valence-electron chi connectivity index (χ1n) is 5.89. The Morgan fingerprint density at radius 3 is 3.05 bits per heavy atom. The molecule has 1 heterocycles. The van der Waals surface area contributed by atoms with E-state index in [1.54, 1.807) is 29.2 Å². The van der Waals surface area contributed by atoms with E-state index in [1.165, 1.54) is 0 Å². The van der Waals surface area contributed by atoms with Gasteiger partial charge in [-0.1, -0.05) is 6.07 Å². The van der Waals surface area contributed by atoms with Crippen molar-refractivity contribution in [2.24, 2.45) is 7.05 Å². The first-order valence-corrected chi connectivity index (χ1v) is 5.89. The standard InChI is InChI=1S/C13H16N4O2/c1-17-8-12(16-9-17)13(18)15-5-6-19-11-4-2-3-10(14)7-11/h2-4,7-9H,5-6,14H2,1H3,(H,15,18). The summed E-state index contributed by atoms with van der Waals surface area (Å²) in [4.78, 5) is 15.6. The zero-order valence-electron chi connectivity index (χ0n) is 10.7. The highest BCUT2D eigenvalue weighted by molar-refractivity contribution is 5.91. The number of nitrogens with zero attached hydrogens (tertiary/aromatic N) is 2. The van der Waals surface area contributed by atoms with Crippen molar-refractivity contribution in [2.75, 3.05) is 18.9 Å². The van der Waals surface area contributed by atoms with Crippen LogP contribution in [0.1, 0.15) is 10.5 Å². The molecule has 1 aromatic heterocycles. The van der Waals surface area contributed by atoms with E-state index in [9.17, 15) is 4.79 Å².